The number of hydrogen-bond donors (Lipinski definition) is 1. The molecule has 0 bridgehead atoms. The second-order valence-corrected chi connectivity index (χ2v) is 1.28. The highest BCUT2D eigenvalue weighted by Crippen LogP contribution is 1.78. The standard InChI is InChI=1S/C5H8N2O/c1-3-7(2)5(8)4-6/h3-4,6H,1H2,2H3. The average Bonchev–Trinajstić information content (AvgIpc) is 1.84. The number of amides is 1. The highest BCUT2D eigenvalue weighted by Gasteiger charge is 1.96. The molecule has 0 radical (unpaired) electrons. The van der Waals surface area contributed by atoms with Gasteiger partial charge >= 0.3 is 0 Å². The Morgan fingerprint density at radius 3 is 2.50 bits per heavy atom. The van der Waals surface area contributed by atoms with E-state index < -0.39 is 0 Å². The summed E-state index contributed by atoms with van der Waals surface area (Å²) in [5.74, 6) is -0.361. The van der Waals surface area contributed by atoms with Gasteiger partial charge in [-0.3, -0.25) is 4.79 Å². The Bertz CT molecular complexity index is 120. The monoisotopic (exact) mass is 112 g/mol. The summed E-state index contributed by atoms with van der Waals surface area (Å²) in [5.41, 5.74) is 0. The summed E-state index contributed by atoms with van der Waals surface area (Å²) in [6.45, 7) is 3.33. The van der Waals surface area contributed by atoms with Crippen LogP contribution < -0.4 is 0 Å². The molecule has 1 N–H and O–H groups in total. The maximum Gasteiger partial charge on any atom is 0.267 e. The van der Waals surface area contributed by atoms with Crippen molar-refractivity contribution in [2.75, 3.05) is 7.05 Å². The van der Waals surface area contributed by atoms with Crippen LogP contribution in [0.2, 0.25) is 0 Å². The molecule has 0 atom stereocenters. The zero-order chi connectivity index (χ0) is 6.57. The lowest BCUT2D eigenvalue weighted by Crippen LogP contribution is -2.20. The maximum atomic E-state index is 10.4. The molecule has 0 aromatic rings. The number of carbonyl (C=O) groups is 1. The first-order valence-electron chi connectivity index (χ1n) is 2.12. The van der Waals surface area contributed by atoms with Crippen LogP contribution in [-0.4, -0.2) is 24.1 Å². The second-order valence-electron chi connectivity index (χ2n) is 1.28. The van der Waals surface area contributed by atoms with Gasteiger partial charge in [0.2, 0.25) is 0 Å². The highest BCUT2D eigenvalue weighted by molar-refractivity contribution is 6.25. The SMILES string of the molecule is C=CN(C)C(=O)C=N. The smallest absolute Gasteiger partial charge is 0.267 e. The van der Waals surface area contributed by atoms with Crippen LogP contribution in [0.1, 0.15) is 0 Å². The molecule has 0 fully saturated rings. The average molecular weight is 112 g/mol. The lowest BCUT2D eigenvalue weighted by atomic mass is 10.6. The fourth-order valence-electron chi connectivity index (χ4n) is 0.192. The number of rotatable bonds is 2. The molecule has 0 unspecified atom stereocenters. The van der Waals surface area contributed by atoms with E-state index in [1.54, 1.807) is 7.05 Å². The third-order valence-electron chi connectivity index (χ3n) is 0.745. The van der Waals surface area contributed by atoms with E-state index >= 15 is 0 Å². The van der Waals surface area contributed by atoms with Gasteiger partial charge in [0.15, 0.2) is 0 Å². The van der Waals surface area contributed by atoms with Gasteiger partial charge in [0, 0.05) is 7.05 Å². The number of hydrogen-bond acceptors (Lipinski definition) is 2. The van der Waals surface area contributed by atoms with Crippen LogP contribution >= 0.6 is 0 Å². The first-order chi connectivity index (χ1) is 3.72. The lowest BCUT2D eigenvalue weighted by Gasteiger charge is -2.04. The molecule has 3 heteroatoms. The van der Waals surface area contributed by atoms with Crippen molar-refractivity contribution >= 4 is 12.1 Å². The Balaban J connectivity index is 3.80. The van der Waals surface area contributed by atoms with Crippen molar-refractivity contribution in [1.29, 1.82) is 5.41 Å². The second kappa shape index (κ2) is 2.96. The zero-order valence-corrected chi connectivity index (χ0v) is 4.72. The van der Waals surface area contributed by atoms with Gasteiger partial charge in [0.05, 0.1) is 6.21 Å². The van der Waals surface area contributed by atoms with Crippen molar-refractivity contribution in [3.05, 3.63) is 12.8 Å². The molecule has 0 aromatic carbocycles. The molecule has 0 saturated carbocycles. The summed E-state index contributed by atoms with van der Waals surface area (Å²) >= 11 is 0. The normalized spacial score (nSPS) is 7.62. The van der Waals surface area contributed by atoms with Crippen molar-refractivity contribution in [2.45, 2.75) is 0 Å². The van der Waals surface area contributed by atoms with Crippen LogP contribution in [0.25, 0.3) is 0 Å². The topological polar surface area (TPSA) is 44.2 Å². The molecule has 0 aliphatic carbocycles. The molecule has 3 nitrogen and oxygen atoms in total. The van der Waals surface area contributed by atoms with Crippen molar-refractivity contribution in [3.8, 4) is 0 Å². The van der Waals surface area contributed by atoms with Crippen molar-refractivity contribution < 1.29 is 4.79 Å². The predicted molar refractivity (Wildman–Crippen MR) is 31.8 cm³/mol. The Hall–Kier alpha value is -1.12. The van der Waals surface area contributed by atoms with Gasteiger partial charge in [-0.2, -0.15) is 0 Å². The van der Waals surface area contributed by atoms with Gasteiger partial charge in [0.25, 0.3) is 5.91 Å². The van der Waals surface area contributed by atoms with Crippen LogP contribution in [0.4, 0.5) is 0 Å². The third kappa shape index (κ3) is 1.55. The van der Waals surface area contributed by atoms with Crippen molar-refractivity contribution in [1.82, 2.24) is 4.90 Å². The Labute approximate surface area is 48.1 Å². The van der Waals surface area contributed by atoms with E-state index in [-0.39, 0.29) is 5.91 Å². The Kier molecular flexibility index (Phi) is 2.54. The van der Waals surface area contributed by atoms with Crippen LogP contribution in [0.5, 0.6) is 0 Å². The van der Waals surface area contributed by atoms with Crippen LogP contribution in [0.15, 0.2) is 12.8 Å². The molecule has 1 amide bonds. The summed E-state index contributed by atoms with van der Waals surface area (Å²) < 4.78 is 0. The summed E-state index contributed by atoms with van der Waals surface area (Å²) in [6.07, 6.45) is 2.09. The Morgan fingerprint density at radius 2 is 2.38 bits per heavy atom. The van der Waals surface area contributed by atoms with E-state index in [0.717, 1.165) is 6.21 Å². The molecule has 0 heterocycles. The van der Waals surface area contributed by atoms with E-state index in [1.807, 2.05) is 0 Å². The molecule has 0 aliphatic rings. The van der Waals surface area contributed by atoms with Gasteiger partial charge < -0.3 is 10.3 Å². The van der Waals surface area contributed by atoms with Crippen LogP contribution in [0.3, 0.4) is 0 Å². The minimum absolute atomic E-state index is 0.361. The van der Waals surface area contributed by atoms with Crippen LogP contribution in [-0.2, 0) is 4.79 Å². The predicted octanol–water partition coefficient (Wildman–Crippen LogP) is 0.238. The summed E-state index contributed by atoms with van der Waals surface area (Å²) in [6, 6.07) is 0. The van der Waals surface area contributed by atoms with E-state index in [1.165, 1.54) is 11.1 Å². The number of nitrogens with one attached hydrogen (secondary N) is 1. The molecule has 0 aromatic heterocycles. The zero-order valence-electron chi connectivity index (χ0n) is 4.72. The maximum absolute atomic E-state index is 10.4. The molecule has 0 spiro atoms. The fourth-order valence-corrected chi connectivity index (χ4v) is 0.192. The highest BCUT2D eigenvalue weighted by atomic mass is 16.2. The largest absolute Gasteiger partial charge is 0.318 e. The van der Waals surface area contributed by atoms with E-state index in [4.69, 9.17) is 5.41 Å². The van der Waals surface area contributed by atoms with E-state index in [9.17, 15) is 4.79 Å². The summed E-state index contributed by atoms with van der Waals surface area (Å²) in [5, 5.41) is 6.48. The van der Waals surface area contributed by atoms with Crippen molar-refractivity contribution in [3.63, 3.8) is 0 Å². The molecule has 0 rings (SSSR count). The number of carbonyl (C=O) groups excluding carboxylic acids is 1. The van der Waals surface area contributed by atoms with E-state index in [2.05, 4.69) is 6.58 Å². The molecule has 0 saturated heterocycles. The lowest BCUT2D eigenvalue weighted by molar-refractivity contribution is -0.120. The Morgan fingerprint density at radius 1 is 1.88 bits per heavy atom. The molecule has 8 heavy (non-hydrogen) atoms. The number of nitrogens with zero attached hydrogens (tertiary/aromatic N) is 1. The van der Waals surface area contributed by atoms with Gasteiger partial charge in [-0.25, -0.2) is 0 Å². The first-order valence-corrected chi connectivity index (χ1v) is 2.12. The summed E-state index contributed by atoms with van der Waals surface area (Å²) in [4.78, 5) is 11.6. The summed E-state index contributed by atoms with van der Waals surface area (Å²) in [7, 11) is 1.54. The molecular weight excluding hydrogens is 104 g/mol. The minimum atomic E-state index is -0.361. The minimum Gasteiger partial charge on any atom is -0.318 e. The fraction of sp³-hybridized carbons (Fsp3) is 0.200. The third-order valence-corrected chi connectivity index (χ3v) is 0.745. The van der Waals surface area contributed by atoms with Crippen molar-refractivity contribution in [2.24, 2.45) is 0 Å². The van der Waals surface area contributed by atoms with E-state index in [0.29, 0.717) is 0 Å². The van der Waals surface area contributed by atoms with Crippen LogP contribution in [0, 0.1) is 5.41 Å². The van der Waals surface area contributed by atoms with Gasteiger partial charge in [0.1, 0.15) is 0 Å². The van der Waals surface area contributed by atoms with Gasteiger partial charge in [-0.05, 0) is 6.20 Å². The van der Waals surface area contributed by atoms with Gasteiger partial charge in [-0.15, -0.1) is 0 Å². The molecule has 0 aliphatic heterocycles. The van der Waals surface area contributed by atoms with Gasteiger partial charge in [-0.1, -0.05) is 6.58 Å². The quantitative estimate of drug-likeness (QED) is 0.511. The molecule has 44 valence electrons. The molecular formula is C5H8N2O. The first kappa shape index (κ1) is 6.88.